The zero-order valence-corrected chi connectivity index (χ0v) is 17.7. The molecule has 1 aliphatic rings. The molecule has 1 fully saturated rings. The van der Waals surface area contributed by atoms with Gasteiger partial charge < -0.3 is 10.1 Å². The molecule has 0 saturated carbocycles. The van der Waals surface area contributed by atoms with E-state index in [1.165, 1.54) is 23.8 Å². The Morgan fingerprint density at radius 2 is 1.76 bits per heavy atom. The molecule has 1 saturated heterocycles. The molecule has 2 aromatic carbocycles. The molecule has 29 heavy (non-hydrogen) atoms. The molecule has 1 aliphatic heterocycles. The van der Waals surface area contributed by atoms with Gasteiger partial charge in [-0.3, -0.25) is 14.4 Å². The van der Waals surface area contributed by atoms with Gasteiger partial charge in [-0.15, -0.1) is 0 Å². The molecule has 0 spiro atoms. The van der Waals surface area contributed by atoms with Crippen molar-refractivity contribution in [3.05, 3.63) is 64.2 Å². The molecule has 3 rings (SSSR count). The number of ether oxygens (including phenoxy) is 1. The first-order valence-electron chi connectivity index (χ1n) is 9.23. The number of carbonyl (C=O) groups is 1. The Balaban J connectivity index is 1.58. The first-order valence-corrected chi connectivity index (χ1v) is 11.5. The van der Waals surface area contributed by atoms with E-state index in [4.69, 9.17) is 16.3 Å². The quantitative estimate of drug-likeness (QED) is 0.694. The van der Waals surface area contributed by atoms with Crippen molar-refractivity contribution in [2.75, 3.05) is 37.3 Å². The van der Waals surface area contributed by atoms with Crippen molar-refractivity contribution in [3.63, 3.8) is 0 Å². The fraction of sp³-hybridized carbons (Fsp3) is 0.350. The van der Waals surface area contributed by atoms with Crippen molar-refractivity contribution in [3.8, 4) is 0 Å². The second kappa shape index (κ2) is 9.58. The van der Waals surface area contributed by atoms with Crippen LogP contribution >= 0.6 is 11.6 Å². The highest BCUT2D eigenvalue weighted by atomic mass is 35.5. The van der Waals surface area contributed by atoms with Gasteiger partial charge in [-0.25, -0.2) is 8.42 Å². The second-order valence-corrected chi connectivity index (χ2v) is 9.11. The van der Waals surface area contributed by atoms with Crippen LogP contribution in [0.25, 0.3) is 0 Å². The summed E-state index contributed by atoms with van der Waals surface area (Å²) < 4.78 is 30.5. The van der Waals surface area contributed by atoms with E-state index < -0.39 is 10.0 Å². The van der Waals surface area contributed by atoms with Gasteiger partial charge in [0.25, 0.3) is 5.91 Å². The van der Waals surface area contributed by atoms with E-state index in [0.29, 0.717) is 6.54 Å². The topological polar surface area (TPSA) is 87.7 Å². The normalized spacial score (nSPS) is 15.1. The third-order valence-corrected chi connectivity index (χ3v) is 5.44. The summed E-state index contributed by atoms with van der Waals surface area (Å²) in [6, 6.07) is 12.5. The Morgan fingerprint density at radius 1 is 1.10 bits per heavy atom. The van der Waals surface area contributed by atoms with Crippen molar-refractivity contribution in [2.45, 2.75) is 13.1 Å². The SMILES string of the molecule is CS(=O)(=O)Nc1ccc(Cl)c(C(=O)NCc2ccc(CN3CCOCC3)cc2)c1. The summed E-state index contributed by atoms with van der Waals surface area (Å²) in [5.74, 6) is -0.371. The van der Waals surface area contributed by atoms with Crippen LogP contribution in [0.3, 0.4) is 0 Å². The number of carbonyl (C=O) groups excluding carboxylic acids is 1. The fourth-order valence-electron chi connectivity index (χ4n) is 3.03. The van der Waals surface area contributed by atoms with E-state index in [0.717, 1.165) is 44.7 Å². The van der Waals surface area contributed by atoms with Crippen LogP contribution in [0.2, 0.25) is 5.02 Å². The summed E-state index contributed by atoms with van der Waals surface area (Å²) in [6.07, 6.45) is 1.05. The lowest BCUT2D eigenvalue weighted by molar-refractivity contribution is 0.0342. The number of hydrogen-bond donors (Lipinski definition) is 2. The Labute approximate surface area is 176 Å². The Kier molecular flexibility index (Phi) is 7.13. The summed E-state index contributed by atoms with van der Waals surface area (Å²) in [5, 5.41) is 3.07. The van der Waals surface area contributed by atoms with E-state index >= 15 is 0 Å². The van der Waals surface area contributed by atoms with Crippen LogP contribution in [0, 0.1) is 0 Å². The molecule has 0 bridgehead atoms. The summed E-state index contributed by atoms with van der Waals surface area (Å²) >= 11 is 6.11. The minimum absolute atomic E-state index is 0.212. The molecule has 0 aliphatic carbocycles. The molecular weight excluding hydrogens is 414 g/mol. The van der Waals surface area contributed by atoms with Crippen molar-refractivity contribution in [1.82, 2.24) is 10.2 Å². The van der Waals surface area contributed by atoms with E-state index in [9.17, 15) is 13.2 Å². The van der Waals surface area contributed by atoms with Gasteiger partial charge in [-0.05, 0) is 29.3 Å². The first kappa shape index (κ1) is 21.6. The maximum atomic E-state index is 12.5. The van der Waals surface area contributed by atoms with E-state index in [1.54, 1.807) is 0 Å². The maximum absolute atomic E-state index is 12.5. The largest absolute Gasteiger partial charge is 0.379 e. The van der Waals surface area contributed by atoms with Crippen LogP contribution in [0.4, 0.5) is 5.69 Å². The summed E-state index contributed by atoms with van der Waals surface area (Å²) in [7, 11) is -3.44. The van der Waals surface area contributed by atoms with E-state index in [1.807, 2.05) is 12.1 Å². The van der Waals surface area contributed by atoms with Gasteiger partial charge in [0.1, 0.15) is 0 Å². The number of amides is 1. The molecule has 9 heteroatoms. The highest BCUT2D eigenvalue weighted by Gasteiger charge is 2.13. The maximum Gasteiger partial charge on any atom is 0.253 e. The molecular formula is C20H24ClN3O4S. The lowest BCUT2D eigenvalue weighted by Crippen LogP contribution is -2.35. The smallest absolute Gasteiger partial charge is 0.253 e. The predicted octanol–water partition coefficient (Wildman–Crippen LogP) is 2.47. The number of morpholine rings is 1. The van der Waals surface area contributed by atoms with Crippen LogP contribution in [-0.4, -0.2) is 51.8 Å². The number of rotatable bonds is 7. The van der Waals surface area contributed by atoms with Crippen molar-refractivity contribution >= 4 is 33.2 Å². The molecule has 2 aromatic rings. The molecule has 0 unspecified atom stereocenters. The van der Waals surface area contributed by atoms with Gasteiger partial charge in [0.15, 0.2) is 0 Å². The highest BCUT2D eigenvalue weighted by Crippen LogP contribution is 2.21. The van der Waals surface area contributed by atoms with E-state index in [-0.39, 0.29) is 22.2 Å². The molecule has 1 amide bonds. The standard InChI is InChI=1S/C20H24ClN3O4S/c1-29(26,27)23-17-6-7-19(21)18(12-17)20(25)22-13-15-2-4-16(5-3-15)14-24-8-10-28-11-9-24/h2-7,12,23H,8-11,13-14H2,1H3,(H,22,25). The van der Waals surface area contributed by atoms with Crippen molar-refractivity contribution in [2.24, 2.45) is 0 Å². The zero-order valence-electron chi connectivity index (χ0n) is 16.2. The fourth-order valence-corrected chi connectivity index (χ4v) is 3.79. The Morgan fingerprint density at radius 3 is 2.41 bits per heavy atom. The first-order chi connectivity index (χ1) is 13.8. The molecule has 0 atom stereocenters. The highest BCUT2D eigenvalue weighted by molar-refractivity contribution is 7.92. The van der Waals surface area contributed by atoms with Crippen LogP contribution in [0.5, 0.6) is 0 Å². The molecule has 1 heterocycles. The van der Waals surface area contributed by atoms with Gasteiger partial charge in [0.05, 0.1) is 30.1 Å². The number of anilines is 1. The number of sulfonamides is 1. The van der Waals surface area contributed by atoms with Gasteiger partial charge in [-0.2, -0.15) is 0 Å². The minimum Gasteiger partial charge on any atom is -0.379 e. The van der Waals surface area contributed by atoms with Crippen LogP contribution in [0.15, 0.2) is 42.5 Å². The number of hydrogen-bond acceptors (Lipinski definition) is 5. The van der Waals surface area contributed by atoms with Gasteiger partial charge >= 0.3 is 0 Å². The monoisotopic (exact) mass is 437 g/mol. The van der Waals surface area contributed by atoms with Crippen LogP contribution in [0.1, 0.15) is 21.5 Å². The van der Waals surface area contributed by atoms with Crippen LogP contribution < -0.4 is 10.0 Å². The average molecular weight is 438 g/mol. The van der Waals surface area contributed by atoms with E-state index in [2.05, 4.69) is 27.1 Å². The predicted molar refractivity (Wildman–Crippen MR) is 114 cm³/mol. The second-order valence-electron chi connectivity index (χ2n) is 6.96. The Bertz CT molecular complexity index is 958. The average Bonchev–Trinajstić information content (AvgIpc) is 2.68. The van der Waals surface area contributed by atoms with Gasteiger partial charge in [-0.1, -0.05) is 35.9 Å². The number of nitrogens with zero attached hydrogens (tertiary/aromatic N) is 1. The lowest BCUT2D eigenvalue weighted by atomic mass is 10.1. The minimum atomic E-state index is -3.44. The summed E-state index contributed by atoms with van der Waals surface area (Å²) in [4.78, 5) is 14.8. The van der Waals surface area contributed by atoms with Crippen LogP contribution in [-0.2, 0) is 27.8 Å². The molecule has 2 N–H and O–H groups in total. The third-order valence-electron chi connectivity index (χ3n) is 4.50. The van der Waals surface area contributed by atoms with Crippen molar-refractivity contribution in [1.29, 1.82) is 0 Å². The molecule has 156 valence electrons. The van der Waals surface area contributed by atoms with Gasteiger partial charge in [0.2, 0.25) is 10.0 Å². The molecule has 7 nitrogen and oxygen atoms in total. The number of benzene rings is 2. The molecule has 0 radical (unpaired) electrons. The number of nitrogens with one attached hydrogen (secondary N) is 2. The summed E-state index contributed by atoms with van der Waals surface area (Å²) in [5.41, 5.74) is 2.67. The van der Waals surface area contributed by atoms with Crippen molar-refractivity contribution < 1.29 is 17.9 Å². The molecule has 0 aromatic heterocycles. The van der Waals surface area contributed by atoms with Gasteiger partial charge in [0, 0.05) is 31.9 Å². The third kappa shape index (κ3) is 6.71. The Hall–Kier alpha value is -2.13. The zero-order chi connectivity index (χ0) is 20.9. The summed E-state index contributed by atoms with van der Waals surface area (Å²) in [6.45, 7) is 4.64. The lowest BCUT2D eigenvalue weighted by Gasteiger charge is -2.26. The number of halogens is 1.